The fourth-order valence-corrected chi connectivity index (χ4v) is 2.68. The zero-order valence-corrected chi connectivity index (χ0v) is 13.8. The quantitative estimate of drug-likeness (QED) is 0.758. The van der Waals surface area contributed by atoms with E-state index in [9.17, 15) is 9.59 Å². The first kappa shape index (κ1) is 16.9. The number of hydrogen-bond acceptors (Lipinski definition) is 2. The summed E-state index contributed by atoms with van der Waals surface area (Å²) >= 11 is 0. The van der Waals surface area contributed by atoms with Crippen LogP contribution in [0.2, 0.25) is 0 Å². The number of amides is 3. The normalized spacial score (nSPS) is 12.3. The maximum atomic E-state index is 11.9. The summed E-state index contributed by atoms with van der Waals surface area (Å²) in [5.74, 6) is -0.573. The maximum Gasteiger partial charge on any atom is 0.315 e. The van der Waals surface area contributed by atoms with Crippen molar-refractivity contribution in [3.05, 3.63) is 36.0 Å². The fraction of sp³-hybridized carbons (Fsp3) is 0.412. The molecule has 4 N–H and O–H groups in total. The second-order valence-electron chi connectivity index (χ2n) is 6.02. The number of para-hydroxylation sites is 1. The highest BCUT2D eigenvalue weighted by molar-refractivity contribution is 5.86. The molecule has 0 saturated heterocycles. The minimum atomic E-state index is -0.663. The van der Waals surface area contributed by atoms with Crippen LogP contribution in [0, 0.1) is 12.8 Å². The van der Waals surface area contributed by atoms with E-state index in [-0.39, 0.29) is 11.9 Å². The van der Waals surface area contributed by atoms with Crippen LogP contribution in [-0.2, 0) is 11.3 Å². The summed E-state index contributed by atoms with van der Waals surface area (Å²) in [7, 11) is 0. The molecule has 23 heavy (non-hydrogen) atoms. The fourth-order valence-electron chi connectivity index (χ4n) is 2.68. The van der Waals surface area contributed by atoms with E-state index in [2.05, 4.69) is 33.4 Å². The van der Waals surface area contributed by atoms with Crippen LogP contribution >= 0.6 is 0 Å². The first-order valence-corrected chi connectivity index (χ1v) is 7.78. The Bertz CT molecular complexity index is 706. The third-order valence-corrected chi connectivity index (χ3v) is 3.90. The average molecular weight is 316 g/mol. The first-order valence-electron chi connectivity index (χ1n) is 7.78. The zero-order chi connectivity index (χ0) is 17.0. The molecule has 0 fully saturated rings. The molecule has 0 saturated carbocycles. The van der Waals surface area contributed by atoms with Crippen molar-refractivity contribution < 1.29 is 9.59 Å². The number of aromatic nitrogens is 1. The van der Waals surface area contributed by atoms with E-state index in [1.165, 1.54) is 5.39 Å². The number of rotatable bonds is 6. The molecule has 2 rings (SSSR count). The minimum absolute atomic E-state index is 0.0473. The zero-order valence-electron chi connectivity index (χ0n) is 13.8. The Morgan fingerprint density at radius 3 is 2.61 bits per heavy atom. The Kier molecular flexibility index (Phi) is 5.26. The molecule has 0 aliphatic rings. The topological polar surface area (TPSA) is 89.2 Å². The molecule has 124 valence electrons. The number of nitrogens with two attached hydrogens (primary N) is 1. The molecule has 1 atom stereocenters. The summed E-state index contributed by atoms with van der Waals surface area (Å²) in [5.41, 5.74) is 7.58. The number of primary amides is 1. The lowest BCUT2D eigenvalue weighted by atomic mass is 10.0. The van der Waals surface area contributed by atoms with Crippen molar-refractivity contribution in [3.63, 3.8) is 0 Å². The molecule has 1 unspecified atom stereocenters. The molecular weight excluding hydrogens is 292 g/mol. The van der Waals surface area contributed by atoms with Gasteiger partial charge in [-0.3, -0.25) is 4.79 Å². The van der Waals surface area contributed by atoms with Crippen molar-refractivity contribution in [2.45, 2.75) is 33.4 Å². The second-order valence-corrected chi connectivity index (χ2v) is 6.02. The van der Waals surface area contributed by atoms with Gasteiger partial charge in [0.15, 0.2) is 0 Å². The smallest absolute Gasteiger partial charge is 0.315 e. The molecule has 1 aromatic heterocycles. The van der Waals surface area contributed by atoms with Gasteiger partial charge in [-0.05, 0) is 30.4 Å². The van der Waals surface area contributed by atoms with Crippen molar-refractivity contribution in [3.8, 4) is 0 Å². The van der Waals surface area contributed by atoms with Gasteiger partial charge in [-0.2, -0.15) is 0 Å². The molecule has 0 aliphatic carbocycles. The van der Waals surface area contributed by atoms with Gasteiger partial charge in [0.2, 0.25) is 5.91 Å². The third kappa shape index (κ3) is 4.03. The summed E-state index contributed by atoms with van der Waals surface area (Å²) in [5, 5.41) is 6.57. The number of carbonyl (C=O) groups is 2. The molecule has 1 heterocycles. The van der Waals surface area contributed by atoms with Gasteiger partial charge in [0.1, 0.15) is 6.04 Å². The number of hydrogen-bond donors (Lipinski definition) is 3. The van der Waals surface area contributed by atoms with Gasteiger partial charge in [0.05, 0.1) is 0 Å². The van der Waals surface area contributed by atoms with Crippen molar-refractivity contribution >= 4 is 22.8 Å². The van der Waals surface area contributed by atoms with Crippen LogP contribution in [0.4, 0.5) is 4.79 Å². The summed E-state index contributed by atoms with van der Waals surface area (Å²) in [4.78, 5) is 23.2. The number of carbonyl (C=O) groups excluding carboxylic acids is 2. The van der Waals surface area contributed by atoms with E-state index in [1.54, 1.807) is 0 Å². The molecule has 6 heteroatoms. The summed E-state index contributed by atoms with van der Waals surface area (Å²) in [6.07, 6.45) is 0. The standard InChI is InChI=1S/C17H24N4O2/c1-11(2)15(16(18)22)20-17(23)19-8-9-21-12(3)10-13-6-4-5-7-14(13)21/h4-7,10-11,15H,8-9H2,1-3H3,(H2,18,22)(H2,19,20,23). The first-order chi connectivity index (χ1) is 10.9. The van der Waals surface area contributed by atoms with Crippen LogP contribution < -0.4 is 16.4 Å². The predicted molar refractivity (Wildman–Crippen MR) is 91.0 cm³/mol. The van der Waals surface area contributed by atoms with Crippen LogP contribution in [0.15, 0.2) is 30.3 Å². The molecule has 1 aromatic carbocycles. The monoisotopic (exact) mass is 316 g/mol. The summed E-state index contributed by atoms with van der Waals surface area (Å²) in [6, 6.07) is 9.22. The van der Waals surface area contributed by atoms with Gasteiger partial charge < -0.3 is 20.9 Å². The predicted octanol–water partition coefficient (Wildman–Crippen LogP) is 1.76. The molecular formula is C17H24N4O2. The Balaban J connectivity index is 1.92. The molecule has 0 spiro atoms. The van der Waals surface area contributed by atoms with Gasteiger partial charge in [0, 0.05) is 24.3 Å². The van der Waals surface area contributed by atoms with E-state index in [4.69, 9.17) is 5.73 Å². The van der Waals surface area contributed by atoms with Crippen LogP contribution in [-0.4, -0.2) is 29.1 Å². The van der Waals surface area contributed by atoms with E-state index in [0.29, 0.717) is 13.1 Å². The van der Waals surface area contributed by atoms with Gasteiger partial charge in [-0.15, -0.1) is 0 Å². The Hall–Kier alpha value is -2.50. The Labute approximate surface area is 136 Å². The van der Waals surface area contributed by atoms with E-state index >= 15 is 0 Å². The molecule has 2 aromatic rings. The number of nitrogens with zero attached hydrogens (tertiary/aromatic N) is 1. The maximum absolute atomic E-state index is 11.9. The van der Waals surface area contributed by atoms with E-state index in [1.807, 2.05) is 32.9 Å². The number of benzene rings is 1. The highest BCUT2D eigenvalue weighted by atomic mass is 16.2. The van der Waals surface area contributed by atoms with Crippen LogP contribution in [0.5, 0.6) is 0 Å². The van der Waals surface area contributed by atoms with Crippen molar-refractivity contribution in [1.82, 2.24) is 15.2 Å². The van der Waals surface area contributed by atoms with E-state index < -0.39 is 11.9 Å². The van der Waals surface area contributed by atoms with Gasteiger partial charge in [-0.1, -0.05) is 32.0 Å². The molecule has 0 aliphatic heterocycles. The molecule has 0 radical (unpaired) electrons. The lowest BCUT2D eigenvalue weighted by molar-refractivity contribution is -0.120. The van der Waals surface area contributed by atoms with Crippen LogP contribution in [0.25, 0.3) is 10.9 Å². The molecule has 6 nitrogen and oxygen atoms in total. The highest BCUT2D eigenvalue weighted by Gasteiger charge is 2.21. The Morgan fingerprint density at radius 1 is 1.26 bits per heavy atom. The Morgan fingerprint density at radius 2 is 1.96 bits per heavy atom. The number of fused-ring (bicyclic) bond motifs is 1. The highest BCUT2D eigenvalue weighted by Crippen LogP contribution is 2.18. The summed E-state index contributed by atoms with van der Waals surface area (Å²) < 4.78 is 2.16. The lowest BCUT2D eigenvalue weighted by Gasteiger charge is -2.19. The van der Waals surface area contributed by atoms with Crippen molar-refractivity contribution in [2.24, 2.45) is 11.7 Å². The van der Waals surface area contributed by atoms with Crippen LogP contribution in [0.3, 0.4) is 0 Å². The number of urea groups is 1. The molecule has 0 bridgehead atoms. The average Bonchev–Trinajstić information content (AvgIpc) is 2.80. The number of aryl methyl sites for hydroxylation is 1. The van der Waals surface area contributed by atoms with Gasteiger partial charge in [-0.25, -0.2) is 4.79 Å². The van der Waals surface area contributed by atoms with Gasteiger partial charge >= 0.3 is 6.03 Å². The molecule has 3 amide bonds. The third-order valence-electron chi connectivity index (χ3n) is 3.90. The van der Waals surface area contributed by atoms with E-state index in [0.717, 1.165) is 11.2 Å². The van der Waals surface area contributed by atoms with Crippen molar-refractivity contribution in [2.75, 3.05) is 6.54 Å². The SMILES string of the molecule is Cc1cc2ccccc2n1CCNC(=O)NC(C(N)=O)C(C)C. The summed E-state index contributed by atoms with van der Waals surface area (Å²) in [6.45, 7) is 6.85. The van der Waals surface area contributed by atoms with Crippen molar-refractivity contribution in [1.29, 1.82) is 0 Å². The second kappa shape index (κ2) is 7.17. The lowest BCUT2D eigenvalue weighted by Crippen LogP contribution is -2.51. The number of nitrogens with one attached hydrogen (secondary N) is 2. The van der Waals surface area contributed by atoms with Gasteiger partial charge in [0.25, 0.3) is 0 Å². The largest absolute Gasteiger partial charge is 0.368 e. The van der Waals surface area contributed by atoms with Crippen LogP contribution in [0.1, 0.15) is 19.5 Å². The minimum Gasteiger partial charge on any atom is -0.368 e.